The van der Waals surface area contributed by atoms with Crippen LogP contribution >= 0.6 is 0 Å². The number of hydrogen-bond donors (Lipinski definition) is 1. The van der Waals surface area contributed by atoms with Gasteiger partial charge < -0.3 is 9.64 Å². The van der Waals surface area contributed by atoms with Gasteiger partial charge >= 0.3 is 0 Å². The van der Waals surface area contributed by atoms with Crippen LogP contribution in [-0.4, -0.2) is 27.5 Å². The molecule has 1 N–H and O–H groups in total. The van der Waals surface area contributed by atoms with Crippen LogP contribution in [-0.2, 0) is 6.61 Å². The summed E-state index contributed by atoms with van der Waals surface area (Å²) in [4.78, 5) is 15.2. The predicted molar refractivity (Wildman–Crippen MR) is 129 cm³/mol. The minimum atomic E-state index is -0.175. The molecule has 1 aromatic heterocycles. The Hall–Kier alpha value is -3.86. The number of carbonyl (C=O) groups is 1. The van der Waals surface area contributed by atoms with E-state index < -0.39 is 0 Å². The summed E-state index contributed by atoms with van der Waals surface area (Å²) < 4.78 is 5.96. The van der Waals surface area contributed by atoms with E-state index in [-0.39, 0.29) is 11.9 Å². The van der Waals surface area contributed by atoms with E-state index >= 15 is 0 Å². The normalized spacial score (nSPS) is 15.0. The van der Waals surface area contributed by atoms with Crippen molar-refractivity contribution in [2.24, 2.45) is 0 Å². The molecule has 0 spiro atoms. The molecule has 1 unspecified atom stereocenters. The Balaban J connectivity index is 1.47. The Morgan fingerprint density at radius 1 is 0.970 bits per heavy atom. The molecule has 0 aliphatic carbocycles. The lowest BCUT2D eigenvalue weighted by molar-refractivity contribution is 0.0744. The van der Waals surface area contributed by atoms with Gasteiger partial charge in [0.25, 0.3) is 5.91 Å². The first kappa shape index (κ1) is 21.0. The second kappa shape index (κ2) is 8.94. The van der Waals surface area contributed by atoms with E-state index in [1.165, 1.54) is 5.56 Å². The zero-order chi connectivity index (χ0) is 22.8. The van der Waals surface area contributed by atoms with E-state index in [0.717, 1.165) is 40.1 Å². The number of H-pyrrole nitrogens is 1. The van der Waals surface area contributed by atoms with Gasteiger partial charge in [-0.25, -0.2) is 0 Å². The molecule has 1 atom stereocenters. The summed E-state index contributed by atoms with van der Waals surface area (Å²) in [5.41, 5.74) is 6.77. The summed E-state index contributed by atoms with van der Waals surface area (Å²) in [5, 5.41) is 7.56. The molecule has 0 saturated heterocycles. The van der Waals surface area contributed by atoms with Crippen LogP contribution in [0.15, 0.2) is 78.9 Å². The predicted octanol–water partition coefficient (Wildman–Crippen LogP) is 5.92. The maximum atomic E-state index is 13.2. The molecule has 4 aromatic rings. The van der Waals surface area contributed by atoms with Crippen LogP contribution in [0.3, 0.4) is 0 Å². The summed E-state index contributed by atoms with van der Waals surface area (Å²) in [7, 11) is 0. The highest BCUT2D eigenvalue weighted by Gasteiger charge is 2.41. The minimum absolute atomic E-state index is 0.00659. The summed E-state index contributed by atoms with van der Waals surface area (Å²) in [5.74, 6) is 0.812. The largest absolute Gasteiger partial charge is 0.489 e. The van der Waals surface area contributed by atoms with Crippen molar-refractivity contribution < 1.29 is 9.53 Å². The maximum Gasteiger partial charge on any atom is 0.273 e. The molecule has 2 heterocycles. The van der Waals surface area contributed by atoms with E-state index in [1.807, 2.05) is 47.4 Å². The molecule has 3 aromatic carbocycles. The van der Waals surface area contributed by atoms with Gasteiger partial charge in [-0.2, -0.15) is 5.10 Å². The standard InChI is InChI=1S/C28H27N3O2/c1-3-17-31-27(22-13-15-23(16-14-22)33-18-20-7-5-4-6-8-20)24-25(29-30-26(24)28(31)32)21-11-9-19(2)10-12-21/h4-16,27H,3,17-18H2,1-2H3,(H,29,30). The zero-order valence-electron chi connectivity index (χ0n) is 18.9. The third-order valence-electron chi connectivity index (χ3n) is 6.10. The smallest absolute Gasteiger partial charge is 0.273 e. The van der Waals surface area contributed by atoms with Crippen LogP contribution in [0.25, 0.3) is 11.3 Å². The number of amides is 1. The van der Waals surface area contributed by atoms with E-state index in [0.29, 0.717) is 18.8 Å². The van der Waals surface area contributed by atoms with Crippen molar-refractivity contribution in [3.8, 4) is 17.0 Å². The number of nitrogens with zero attached hydrogens (tertiary/aromatic N) is 2. The Morgan fingerprint density at radius 3 is 2.39 bits per heavy atom. The van der Waals surface area contributed by atoms with Gasteiger partial charge in [-0.3, -0.25) is 9.89 Å². The van der Waals surface area contributed by atoms with Crippen LogP contribution in [0.5, 0.6) is 5.75 Å². The summed E-state index contributed by atoms with van der Waals surface area (Å²) in [6.07, 6.45) is 0.887. The second-order valence-electron chi connectivity index (χ2n) is 8.47. The Labute approximate surface area is 194 Å². The molecule has 0 fully saturated rings. The molecule has 0 bridgehead atoms. The first-order valence-electron chi connectivity index (χ1n) is 11.4. The number of benzene rings is 3. The number of nitrogens with one attached hydrogen (secondary N) is 1. The van der Waals surface area contributed by atoms with Crippen molar-refractivity contribution in [2.45, 2.75) is 32.9 Å². The second-order valence-corrected chi connectivity index (χ2v) is 8.47. The first-order chi connectivity index (χ1) is 16.2. The van der Waals surface area contributed by atoms with Gasteiger partial charge in [-0.1, -0.05) is 79.2 Å². The molecule has 33 heavy (non-hydrogen) atoms. The molecule has 5 nitrogen and oxygen atoms in total. The van der Waals surface area contributed by atoms with Gasteiger partial charge in [-0.05, 0) is 36.6 Å². The Morgan fingerprint density at radius 2 is 1.70 bits per heavy atom. The van der Waals surface area contributed by atoms with E-state index in [1.54, 1.807) is 0 Å². The number of aromatic amines is 1. The number of carbonyl (C=O) groups excluding carboxylic acids is 1. The van der Waals surface area contributed by atoms with Crippen LogP contribution in [0.4, 0.5) is 0 Å². The quantitative estimate of drug-likeness (QED) is 0.390. The number of aryl methyl sites for hydroxylation is 1. The van der Waals surface area contributed by atoms with Crippen molar-refractivity contribution in [1.29, 1.82) is 0 Å². The molecule has 1 amide bonds. The number of hydrogen-bond acceptors (Lipinski definition) is 3. The van der Waals surface area contributed by atoms with Crippen molar-refractivity contribution >= 4 is 5.91 Å². The van der Waals surface area contributed by atoms with Gasteiger partial charge in [0.2, 0.25) is 0 Å². The van der Waals surface area contributed by atoms with Crippen molar-refractivity contribution in [2.75, 3.05) is 6.54 Å². The van der Waals surface area contributed by atoms with Gasteiger partial charge in [0, 0.05) is 17.7 Å². The first-order valence-corrected chi connectivity index (χ1v) is 11.4. The fourth-order valence-electron chi connectivity index (χ4n) is 4.43. The Bertz CT molecular complexity index is 1240. The van der Waals surface area contributed by atoms with Crippen LogP contribution < -0.4 is 4.74 Å². The lowest BCUT2D eigenvalue weighted by atomic mass is 9.95. The average molecular weight is 438 g/mol. The van der Waals surface area contributed by atoms with E-state index in [2.05, 4.69) is 60.4 Å². The summed E-state index contributed by atoms with van der Waals surface area (Å²) in [6, 6.07) is 26.3. The molecular formula is C28H27N3O2. The van der Waals surface area contributed by atoms with Crippen LogP contribution in [0, 0.1) is 6.92 Å². The molecule has 0 radical (unpaired) electrons. The molecule has 0 saturated carbocycles. The number of fused-ring (bicyclic) bond motifs is 1. The third kappa shape index (κ3) is 4.02. The molecule has 5 heteroatoms. The van der Waals surface area contributed by atoms with Gasteiger partial charge in [0.15, 0.2) is 0 Å². The summed E-state index contributed by atoms with van der Waals surface area (Å²) in [6.45, 7) is 5.37. The number of rotatable bonds is 7. The highest BCUT2D eigenvalue weighted by atomic mass is 16.5. The molecule has 1 aliphatic rings. The minimum Gasteiger partial charge on any atom is -0.489 e. The maximum absolute atomic E-state index is 13.2. The van der Waals surface area contributed by atoms with E-state index in [9.17, 15) is 4.79 Å². The highest BCUT2D eigenvalue weighted by Crippen LogP contribution is 2.43. The number of ether oxygens (including phenoxy) is 1. The van der Waals surface area contributed by atoms with Crippen molar-refractivity contribution in [3.63, 3.8) is 0 Å². The third-order valence-corrected chi connectivity index (χ3v) is 6.10. The molecule has 166 valence electrons. The van der Waals surface area contributed by atoms with Gasteiger partial charge in [-0.15, -0.1) is 0 Å². The lowest BCUT2D eigenvalue weighted by Crippen LogP contribution is -2.30. The SMILES string of the molecule is CCCN1C(=O)c2[nH]nc(-c3ccc(C)cc3)c2C1c1ccc(OCc2ccccc2)cc1. The highest BCUT2D eigenvalue weighted by molar-refractivity contribution is 6.00. The van der Waals surface area contributed by atoms with Crippen molar-refractivity contribution in [3.05, 3.63) is 107 Å². The van der Waals surface area contributed by atoms with Crippen molar-refractivity contribution in [1.82, 2.24) is 15.1 Å². The lowest BCUT2D eigenvalue weighted by Gasteiger charge is -2.26. The summed E-state index contributed by atoms with van der Waals surface area (Å²) >= 11 is 0. The molecular weight excluding hydrogens is 410 g/mol. The number of aromatic nitrogens is 2. The fraction of sp³-hybridized carbons (Fsp3) is 0.214. The van der Waals surface area contributed by atoms with Gasteiger partial charge in [0.1, 0.15) is 18.1 Å². The van der Waals surface area contributed by atoms with Gasteiger partial charge in [0.05, 0.1) is 11.7 Å². The van der Waals surface area contributed by atoms with Crippen LogP contribution in [0.2, 0.25) is 0 Å². The van der Waals surface area contributed by atoms with E-state index in [4.69, 9.17) is 4.74 Å². The Kier molecular flexibility index (Phi) is 5.69. The average Bonchev–Trinajstić information content (AvgIpc) is 3.39. The zero-order valence-corrected chi connectivity index (χ0v) is 18.9. The molecule has 5 rings (SSSR count). The van der Waals surface area contributed by atoms with Crippen LogP contribution in [0.1, 0.15) is 52.1 Å². The monoisotopic (exact) mass is 437 g/mol. The molecule has 1 aliphatic heterocycles. The fourth-order valence-corrected chi connectivity index (χ4v) is 4.43. The topological polar surface area (TPSA) is 58.2 Å².